The summed E-state index contributed by atoms with van der Waals surface area (Å²) in [7, 11) is 1.89. The molecule has 5 heteroatoms. The zero-order valence-electron chi connectivity index (χ0n) is 11.1. The third-order valence-corrected chi connectivity index (χ3v) is 3.69. The molecule has 3 rings (SSSR count). The third kappa shape index (κ3) is 1.58. The number of rotatable bonds is 2. The zero-order valence-corrected chi connectivity index (χ0v) is 11.1. The number of benzene rings is 1. The summed E-state index contributed by atoms with van der Waals surface area (Å²) in [6, 6.07) is 3.75. The largest absolute Gasteiger partial charge is 0.481 e. The van der Waals surface area contributed by atoms with Crippen molar-refractivity contribution in [2.24, 2.45) is 7.05 Å². The standard InChI is InChI=1S/C14H15NO4/c1-14(2,13(16)17)9-6-15(3)10-5-12-11(4-8(9)10)18-7-19-12/h4-6H,7H2,1-3H3,(H,16,17). The van der Waals surface area contributed by atoms with Crippen LogP contribution in [0.3, 0.4) is 0 Å². The number of carboxylic acids is 1. The van der Waals surface area contributed by atoms with Crippen LogP contribution in [0.1, 0.15) is 19.4 Å². The SMILES string of the molecule is Cn1cc(C(C)(C)C(=O)O)c2cc3c(cc21)OCO3. The van der Waals surface area contributed by atoms with Crippen molar-refractivity contribution in [2.45, 2.75) is 19.3 Å². The lowest BCUT2D eigenvalue weighted by Gasteiger charge is -2.18. The van der Waals surface area contributed by atoms with Crippen molar-refractivity contribution in [3.8, 4) is 11.5 Å². The number of nitrogens with zero attached hydrogens (tertiary/aromatic N) is 1. The first-order valence-electron chi connectivity index (χ1n) is 6.04. The summed E-state index contributed by atoms with van der Waals surface area (Å²) in [4.78, 5) is 11.4. The molecule has 19 heavy (non-hydrogen) atoms. The zero-order chi connectivity index (χ0) is 13.8. The van der Waals surface area contributed by atoms with Crippen LogP contribution in [0, 0.1) is 0 Å². The van der Waals surface area contributed by atoms with Gasteiger partial charge in [0.1, 0.15) is 0 Å². The van der Waals surface area contributed by atoms with Gasteiger partial charge in [-0.25, -0.2) is 0 Å². The Morgan fingerprint density at radius 1 is 1.32 bits per heavy atom. The van der Waals surface area contributed by atoms with Crippen LogP contribution >= 0.6 is 0 Å². The average Bonchev–Trinajstić information content (AvgIpc) is 2.91. The summed E-state index contributed by atoms with van der Waals surface area (Å²) >= 11 is 0. The molecule has 0 saturated carbocycles. The van der Waals surface area contributed by atoms with E-state index in [1.807, 2.05) is 29.9 Å². The minimum absolute atomic E-state index is 0.212. The Balaban J connectivity index is 2.30. The average molecular weight is 261 g/mol. The minimum Gasteiger partial charge on any atom is -0.481 e. The van der Waals surface area contributed by atoms with E-state index < -0.39 is 11.4 Å². The Hall–Kier alpha value is -2.17. The highest BCUT2D eigenvalue weighted by Gasteiger charge is 2.33. The fraction of sp³-hybridized carbons (Fsp3) is 0.357. The topological polar surface area (TPSA) is 60.7 Å². The lowest BCUT2D eigenvalue weighted by Crippen LogP contribution is -2.28. The van der Waals surface area contributed by atoms with Gasteiger partial charge in [0.05, 0.1) is 10.9 Å². The summed E-state index contributed by atoms with van der Waals surface area (Å²) < 4.78 is 12.6. The molecule has 1 aromatic carbocycles. The van der Waals surface area contributed by atoms with Gasteiger partial charge >= 0.3 is 5.97 Å². The molecule has 2 aromatic rings. The van der Waals surface area contributed by atoms with E-state index in [9.17, 15) is 9.90 Å². The second-order valence-electron chi connectivity index (χ2n) is 5.31. The van der Waals surface area contributed by atoms with E-state index in [1.165, 1.54) is 0 Å². The lowest BCUT2D eigenvalue weighted by atomic mass is 9.84. The highest BCUT2D eigenvalue weighted by Crippen LogP contribution is 2.40. The number of carboxylic acid groups (broad SMARTS) is 1. The maximum atomic E-state index is 11.4. The molecule has 2 heterocycles. The number of aryl methyl sites for hydroxylation is 1. The molecule has 0 spiro atoms. The summed E-state index contributed by atoms with van der Waals surface area (Å²) in [5.41, 5.74) is 0.761. The molecule has 1 N–H and O–H groups in total. The summed E-state index contributed by atoms with van der Waals surface area (Å²) in [6.07, 6.45) is 1.86. The number of carbonyl (C=O) groups is 1. The van der Waals surface area contributed by atoms with E-state index in [4.69, 9.17) is 9.47 Å². The predicted octanol–water partition coefficient (Wildman–Crippen LogP) is 2.27. The first-order chi connectivity index (χ1) is 8.91. The number of aliphatic carboxylic acids is 1. The minimum atomic E-state index is -0.951. The van der Waals surface area contributed by atoms with E-state index in [2.05, 4.69) is 0 Å². The fourth-order valence-electron chi connectivity index (χ4n) is 2.38. The maximum Gasteiger partial charge on any atom is 0.313 e. The van der Waals surface area contributed by atoms with Crippen molar-refractivity contribution in [1.29, 1.82) is 0 Å². The molecule has 0 bridgehead atoms. The smallest absolute Gasteiger partial charge is 0.313 e. The maximum absolute atomic E-state index is 11.4. The van der Waals surface area contributed by atoms with Crippen LogP contribution in [0.2, 0.25) is 0 Å². The molecule has 5 nitrogen and oxygen atoms in total. The first-order valence-corrected chi connectivity index (χ1v) is 6.04. The van der Waals surface area contributed by atoms with Gasteiger partial charge in [0.2, 0.25) is 6.79 Å². The van der Waals surface area contributed by atoms with Crippen molar-refractivity contribution in [3.05, 3.63) is 23.9 Å². The summed E-state index contributed by atoms with van der Waals surface area (Å²) in [5.74, 6) is 0.521. The van der Waals surface area contributed by atoms with Gasteiger partial charge < -0.3 is 19.1 Å². The van der Waals surface area contributed by atoms with Gasteiger partial charge in [-0.05, 0) is 25.5 Å². The molecule has 0 saturated heterocycles. The Labute approximate surface area is 110 Å². The van der Waals surface area contributed by atoms with Crippen LogP contribution in [0.5, 0.6) is 11.5 Å². The molecule has 1 aliphatic heterocycles. The predicted molar refractivity (Wildman–Crippen MR) is 69.7 cm³/mol. The van der Waals surface area contributed by atoms with Gasteiger partial charge in [-0.2, -0.15) is 0 Å². The Bertz CT molecular complexity index is 684. The molecule has 1 aromatic heterocycles. The number of hydrogen-bond donors (Lipinski definition) is 1. The van der Waals surface area contributed by atoms with Crippen molar-refractivity contribution >= 4 is 16.9 Å². The van der Waals surface area contributed by atoms with Crippen molar-refractivity contribution in [1.82, 2.24) is 4.57 Å². The number of aromatic nitrogens is 1. The molecule has 0 amide bonds. The van der Waals surface area contributed by atoms with E-state index in [0.29, 0.717) is 11.5 Å². The molecule has 0 fully saturated rings. The Morgan fingerprint density at radius 3 is 2.58 bits per heavy atom. The van der Waals surface area contributed by atoms with Crippen LogP contribution in [-0.4, -0.2) is 22.4 Å². The summed E-state index contributed by atoms with van der Waals surface area (Å²) in [5, 5.41) is 10.3. The quantitative estimate of drug-likeness (QED) is 0.900. The first kappa shape index (κ1) is 11.9. The highest BCUT2D eigenvalue weighted by molar-refractivity contribution is 5.93. The lowest BCUT2D eigenvalue weighted by molar-refractivity contribution is -0.142. The van der Waals surface area contributed by atoms with E-state index in [0.717, 1.165) is 16.5 Å². The van der Waals surface area contributed by atoms with Gasteiger partial charge in [0.15, 0.2) is 11.5 Å². The van der Waals surface area contributed by atoms with Crippen molar-refractivity contribution in [2.75, 3.05) is 6.79 Å². The molecule has 0 aliphatic carbocycles. The van der Waals surface area contributed by atoms with Gasteiger partial charge in [-0.1, -0.05) is 0 Å². The molecule has 0 atom stereocenters. The van der Waals surface area contributed by atoms with E-state index >= 15 is 0 Å². The van der Waals surface area contributed by atoms with Gasteiger partial charge in [0.25, 0.3) is 0 Å². The van der Waals surface area contributed by atoms with Crippen LogP contribution < -0.4 is 9.47 Å². The van der Waals surface area contributed by atoms with E-state index in [1.54, 1.807) is 13.8 Å². The highest BCUT2D eigenvalue weighted by atomic mass is 16.7. The molecule has 100 valence electrons. The normalized spacial score (nSPS) is 14.1. The Kier molecular flexibility index (Phi) is 2.29. The fourth-order valence-corrected chi connectivity index (χ4v) is 2.38. The second-order valence-corrected chi connectivity index (χ2v) is 5.31. The van der Waals surface area contributed by atoms with Crippen LogP contribution in [0.15, 0.2) is 18.3 Å². The van der Waals surface area contributed by atoms with E-state index in [-0.39, 0.29) is 6.79 Å². The molecule has 0 unspecified atom stereocenters. The van der Waals surface area contributed by atoms with Crippen molar-refractivity contribution in [3.63, 3.8) is 0 Å². The molecular formula is C14H15NO4. The number of hydrogen-bond acceptors (Lipinski definition) is 3. The van der Waals surface area contributed by atoms with Crippen LogP contribution in [-0.2, 0) is 17.3 Å². The summed E-state index contributed by atoms with van der Waals surface area (Å²) in [6.45, 7) is 3.62. The molecular weight excluding hydrogens is 246 g/mol. The van der Waals surface area contributed by atoms with Gasteiger partial charge in [-0.15, -0.1) is 0 Å². The van der Waals surface area contributed by atoms with Crippen LogP contribution in [0.25, 0.3) is 10.9 Å². The van der Waals surface area contributed by atoms with Crippen LogP contribution in [0.4, 0.5) is 0 Å². The monoisotopic (exact) mass is 261 g/mol. The number of fused-ring (bicyclic) bond motifs is 2. The molecule has 0 radical (unpaired) electrons. The molecule has 1 aliphatic rings. The van der Waals surface area contributed by atoms with Gasteiger partial charge in [-0.3, -0.25) is 4.79 Å². The third-order valence-electron chi connectivity index (χ3n) is 3.69. The Morgan fingerprint density at radius 2 is 1.95 bits per heavy atom. The second kappa shape index (κ2) is 3.66. The van der Waals surface area contributed by atoms with Gasteiger partial charge in [0, 0.05) is 24.7 Å². The van der Waals surface area contributed by atoms with Crippen molar-refractivity contribution < 1.29 is 19.4 Å². The number of ether oxygens (including phenoxy) is 2.